The summed E-state index contributed by atoms with van der Waals surface area (Å²) in [5.74, 6) is -2.65. The Hall–Kier alpha value is -1.58. The van der Waals surface area contributed by atoms with E-state index in [0.29, 0.717) is 18.4 Å². The molecule has 8 nitrogen and oxygen atoms in total. The molecule has 0 aliphatic carbocycles. The number of aliphatic carboxylic acids is 1. The fraction of sp³-hybridized carbons (Fsp3) is 0.625. The molecule has 2 aliphatic heterocycles. The van der Waals surface area contributed by atoms with Crippen LogP contribution in [0.15, 0.2) is 23.8 Å². The molecule has 134 valence electrons. The van der Waals surface area contributed by atoms with Crippen molar-refractivity contribution in [3.63, 3.8) is 0 Å². The molecule has 2 saturated heterocycles. The maximum Gasteiger partial charge on any atom is 0.330 e. The molecule has 0 radical (unpaired) electrons. The van der Waals surface area contributed by atoms with Gasteiger partial charge in [-0.15, -0.1) is 0 Å². The van der Waals surface area contributed by atoms with Crippen LogP contribution in [0.4, 0.5) is 0 Å². The fourth-order valence-electron chi connectivity index (χ4n) is 2.98. The van der Waals surface area contributed by atoms with Crippen LogP contribution in [-0.2, 0) is 19.1 Å². The molecule has 0 spiro atoms. The van der Waals surface area contributed by atoms with Crippen molar-refractivity contribution in [1.29, 1.82) is 0 Å². The Kier molecular flexibility index (Phi) is 5.56. The van der Waals surface area contributed by atoms with Gasteiger partial charge >= 0.3 is 5.97 Å². The molecule has 0 bridgehead atoms. The lowest BCUT2D eigenvalue weighted by Gasteiger charge is -2.41. The van der Waals surface area contributed by atoms with Crippen LogP contribution in [0.2, 0.25) is 0 Å². The largest absolute Gasteiger partial charge is 0.478 e. The predicted molar refractivity (Wildman–Crippen MR) is 80.9 cm³/mol. The first kappa shape index (κ1) is 18.8. The van der Waals surface area contributed by atoms with Crippen molar-refractivity contribution in [1.82, 2.24) is 0 Å². The van der Waals surface area contributed by atoms with Crippen LogP contribution in [0.3, 0.4) is 0 Å². The molecule has 2 heterocycles. The van der Waals surface area contributed by atoms with Gasteiger partial charge in [-0.25, -0.2) is 4.79 Å². The number of aliphatic hydroxyl groups excluding tert-OH is 2. The number of carbonyl (C=O) groups is 2. The summed E-state index contributed by atoms with van der Waals surface area (Å²) in [4.78, 5) is 23.1. The number of carbonyl (C=O) groups excluding carboxylic acids is 1. The number of hydrogen-bond donors (Lipinski definition) is 4. The van der Waals surface area contributed by atoms with Crippen molar-refractivity contribution in [2.24, 2.45) is 5.92 Å². The van der Waals surface area contributed by atoms with E-state index in [2.05, 4.69) is 6.58 Å². The monoisotopic (exact) mass is 342 g/mol. The van der Waals surface area contributed by atoms with E-state index in [9.17, 15) is 19.8 Å². The highest BCUT2D eigenvalue weighted by molar-refractivity contribution is 5.93. The molecule has 5 atom stereocenters. The van der Waals surface area contributed by atoms with Crippen LogP contribution < -0.4 is 0 Å². The fourth-order valence-corrected chi connectivity index (χ4v) is 2.98. The Morgan fingerprint density at radius 1 is 1.50 bits per heavy atom. The van der Waals surface area contributed by atoms with Gasteiger partial charge in [0, 0.05) is 11.5 Å². The molecular formula is C16H22O8. The Labute approximate surface area is 139 Å². The quantitative estimate of drug-likeness (QED) is 0.371. The van der Waals surface area contributed by atoms with Gasteiger partial charge in [-0.2, -0.15) is 0 Å². The lowest BCUT2D eigenvalue weighted by molar-refractivity contribution is -0.259. The Bertz CT molecular complexity index is 568. The summed E-state index contributed by atoms with van der Waals surface area (Å²) in [6.07, 6.45) is -1.81. The van der Waals surface area contributed by atoms with Crippen LogP contribution in [0.5, 0.6) is 0 Å². The van der Waals surface area contributed by atoms with Gasteiger partial charge in [0.2, 0.25) is 5.78 Å². The number of ether oxygens (including phenoxy) is 2. The summed E-state index contributed by atoms with van der Waals surface area (Å²) in [6.45, 7) is 4.74. The summed E-state index contributed by atoms with van der Waals surface area (Å²) in [7, 11) is 0. The van der Waals surface area contributed by atoms with Crippen LogP contribution in [0, 0.1) is 5.92 Å². The van der Waals surface area contributed by atoms with Gasteiger partial charge in [0.15, 0.2) is 11.9 Å². The highest BCUT2D eigenvalue weighted by Gasteiger charge is 2.63. The predicted octanol–water partition coefficient (Wildman–Crippen LogP) is -0.622. The number of rotatable bonds is 6. The number of fused-ring (bicyclic) bond motifs is 1. The van der Waals surface area contributed by atoms with E-state index in [1.54, 1.807) is 0 Å². The minimum Gasteiger partial charge on any atom is -0.478 e. The smallest absolute Gasteiger partial charge is 0.330 e. The topological polar surface area (TPSA) is 134 Å². The lowest BCUT2D eigenvalue weighted by atomic mass is 9.76. The van der Waals surface area contributed by atoms with Crippen LogP contribution >= 0.6 is 0 Å². The van der Waals surface area contributed by atoms with Crippen molar-refractivity contribution < 1.29 is 39.5 Å². The van der Waals surface area contributed by atoms with Gasteiger partial charge < -0.3 is 29.9 Å². The van der Waals surface area contributed by atoms with Crippen molar-refractivity contribution in [2.45, 2.75) is 43.9 Å². The van der Waals surface area contributed by atoms with Gasteiger partial charge in [-0.1, -0.05) is 18.2 Å². The molecular weight excluding hydrogens is 320 g/mol. The van der Waals surface area contributed by atoms with Crippen molar-refractivity contribution in [2.75, 3.05) is 13.2 Å². The van der Waals surface area contributed by atoms with Gasteiger partial charge in [-0.3, -0.25) is 4.79 Å². The number of allylic oxidation sites excluding steroid dienone is 1. The minimum absolute atomic E-state index is 0.0156. The molecule has 4 N–H and O–H groups in total. The third-order valence-corrected chi connectivity index (χ3v) is 4.54. The highest BCUT2D eigenvalue weighted by Crippen LogP contribution is 2.42. The van der Waals surface area contributed by atoms with E-state index in [-0.39, 0.29) is 12.2 Å². The van der Waals surface area contributed by atoms with Crippen molar-refractivity contribution >= 4 is 11.8 Å². The number of carboxylic acid groups (broad SMARTS) is 1. The van der Waals surface area contributed by atoms with E-state index < -0.39 is 48.4 Å². The highest BCUT2D eigenvalue weighted by atomic mass is 16.7. The Morgan fingerprint density at radius 3 is 2.75 bits per heavy atom. The molecule has 0 saturated carbocycles. The summed E-state index contributed by atoms with van der Waals surface area (Å²) < 4.78 is 10.6. The first-order chi connectivity index (χ1) is 11.2. The number of Topliss-reactive ketones (excluding diaryl/α,β-unsaturated/α-hetero) is 1. The second-order valence-corrected chi connectivity index (χ2v) is 6.10. The van der Waals surface area contributed by atoms with Crippen LogP contribution in [-0.4, -0.2) is 69.5 Å². The summed E-state index contributed by atoms with van der Waals surface area (Å²) >= 11 is 0. The van der Waals surface area contributed by atoms with Gasteiger partial charge in [0.05, 0.1) is 13.2 Å². The second-order valence-electron chi connectivity index (χ2n) is 6.10. The molecule has 2 aliphatic rings. The van der Waals surface area contributed by atoms with E-state index in [4.69, 9.17) is 19.7 Å². The van der Waals surface area contributed by atoms with Gasteiger partial charge in [0.1, 0.15) is 12.2 Å². The number of hydrogen-bond acceptors (Lipinski definition) is 7. The molecule has 0 aromatic heterocycles. The van der Waals surface area contributed by atoms with Crippen LogP contribution in [0.1, 0.15) is 19.8 Å². The average molecular weight is 342 g/mol. The van der Waals surface area contributed by atoms with Crippen LogP contribution in [0.25, 0.3) is 0 Å². The summed E-state index contributed by atoms with van der Waals surface area (Å²) in [5.41, 5.74) is -1.37. The zero-order chi connectivity index (χ0) is 18.1. The zero-order valence-corrected chi connectivity index (χ0v) is 13.3. The van der Waals surface area contributed by atoms with E-state index in [0.717, 1.165) is 0 Å². The van der Waals surface area contributed by atoms with E-state index in [1.807, 2.05) is 0 Å². The van der Waals surface area contributed by atoms with Crippen molar-refractivity contribution in [3.8, 4) is 0 Å². The molecule has 0 aromatic carbocycles. The molecule has 4 unspecified atom stereocenters. The normalized spacial score (nSPS) is 36.5. The average Bonchev–Trinajstić information content (AvgIpc) is 2.88. The zero-order valence-electron chi connectivity index (χ0n) is 13.3. The summed E-state index contributed by atoms with van der Waals surface area (Å²) in [6, 6.07) is 0. The second kappa shape index (κ2) is 7.12. The number of carboxylic acids is 1. The molecule has 24 heavy (non-hydrogen) atoms. The lowest BCUT2D eigenvalue weighted by Crippen LogP contribution is -2.64. The minimum atomic E-state index is -2.06. The van der Waals surface area contributed by atoms with E-state index >= 15 is 0 Å². The summed E-state index contributed by atoms with van der Waals surface area (Å²) in [5, 5.41) is 38.6. The maximum atomic E-state index is 12.4. The third-order valence-electron chi connectivity index (χ3n) is 4.54. The molecule has 8 heteroatoms. The Morgan fingerprint density at radius 2 is 2.17 bits per heavy atom. The van der Waals surface area contributed by atoms with Gasteiger partial charge in [0.25, 0.3) is 0 Å². The molecule has 2 rings (SSSR count). The molecule has 0 aromatic rings. The molecule has 0 amide bonds. The van der Waals surface area contributed by atoms with Gasteiger partial charge in [-0.05, 0) is 19.8 Å². The number of aliphatic hydroxyl groups is 3. The van der Waals surface area contributed by atoms with Crippen molar-refractivity contribution in [3.05, 3.63) is 23.8 Å². The Balaban J connectivity index is 2.09. The maximum absolute atomic E-state index is 12.4. The number of ketones is 1. The standard InChI is InChI=1S/C16H22O8/c1-8(4-3-5-9(2)14(20)21)10-7-23-15-16(10,22)13(19)12(18)11(6-17)24-15/h5,10-12,15,17-18,22H,1,3-4,6-7H2,2H3,(H,20,21)/b9-5+/t10?,11-,12?,15?,16?/m0/s1. The van der Waals surface area contributed by atoms with E-state index in [1.165, 1.54) is 13.0 Å². The first-order valence-corrected chi connectivity index (χ1v) is 7.63. The third kappa shape index (κ3) is 3.15. The SMILES string of the molecule is C=C(CC/C=C(\C)C(=O)O)C1COC2O[C@@H](CO)C(O)C(=O)C21O. The first-order valence-electron chi connectivity index (χ1n) is 7.63. The molecule has 2 fully saturated rings.